The average Bonchev–Trinajstić information content (AvgIpc) is 3.30. The van der Waals surface area contributed by atoms with E-state index in [9.17, 15) is 9.18 Å². The number of hydrogen-bond donors (Lipinski definition) is 0. The Morgan fingerprint density at radius 3 is 2.23 bits per heavy atom. The summed E-state index contributed by atoms with van der Waals surface area (Å²) in [5, 5.41) is 5.90. The van der Waals surface area contributed by atoms with Crippen LogP contribution >= 0.6 is 11.3 Å². The highest BCUT2D eigenvalue weighted by Gasteiger charge is 2.22. The molecule has 1 amide bonds. The van der Waals surface area contributed by atoms with Gasteiger partial charge in [-0.3, -0.25) is 4.79 Å². The van der Waals surface area contributed by atoms with E-state index in [0.717, 1.165) is 11.3 Å². The normalized spacial score (nSPS) is 11.0. The summed E-state index contributed by atoms with van der Waals surface area (Å²) in [5.74, 6) is 1.13. The predicted octanol–water partition coefficient (Wildman–Crippen LogP) is 5.15. The van der Waals surface area contributed by atoms with E-state index in [4.69, 9.17) is 18.9 Å². The van der Waals surface area contributed by atoms with E-state index in [0.29, 0.717) is 44.3 Å². The van der Waals surface area contributed by atoms with Crippen LogP contribution in [0.1, 0.15) is 15.9 Å². The van der Waals surface area contributed by atoms with Crippen molar-refractivity contribution in [1.82, 2.24) is 4.98 Å². The number of benzene rings is 3. The van der Waals surface area contributed by atoms with Gasteiger partial charge in [-0.1, -0.05) is 11.3 Å². The number of anilines is 1. The van der Waals surface area contributed by atoms with E-state index in [1.807, 2.05) is 0 Å². The summed E-state index contributed by atoms with van der Waals surface area (Å²) in [5.41, 5.74) is 1.53. The van der Waals surface area contributed by atoms with Crippen molar-refractivity contribution in [3.63, 3.8) is 0 Å². The molecule has 0 aliphatic rings. The fourth-order valence-corrected chi connectivity index (χ4v) is 4.27. The lowest BCUT2D eigenvalue weighted by Crippen LogP contribution is -2.25. The number of carbonyl (C=O) groups is 1. The molecular weight excluding hydrogens is 473 g/mol. The van der Waals surface area contributed by atoms with Gasteiger partial charge in [0, 0.05) is 11.1 Å². The molecule has 180 valence electrons. The molecule has 1 heterocycles. The Labute approximate surface area is 205 Å². The minimum absolute atomic E-state index is 0.287. The minimum atomic E-state index is -0.420. The molecule has 3 aromatic carbocycles. The molecule has 0 radical (unpaired) electrons. The van der Waals surface area contributed by atoms with Gasteiger partial charge in [0.1, 0.15) is 11.6 Å². The first-order chi connectivity index (χ1) is 17.0. The second kappa shape index (κ2) is 10.4. The average molecular weight is 496 g/mol. The molecule has 35 heavy (non-hydrogen) atoms. The molecule has 0 bridgehead atoms. The van der Waals surface area contributed by atoms with Crippen LogP contribution in [-0.2, 0) is 0 Å². The number of thiazole rings is 1. The Morgan fingerprint density at radius 2 is 1.63 bits per heavy atom. The van der Waals surface area contributed by atoms with Gasteiger partial charge < -0.3 is 18.9 Å². The van der Waals surface area contributed by atoms with Crippen LogP contribution in [0.25, 0.3) is 10.2 Å². The molecule has 0 spiro atoms. The van der Waals surface area contributed by atoms with Crippen molar-refractivity contribution in [3.05, 3.63) is 71.5 Å². The van der Waals surface area contributed by atoms with Crippen molar-refractivity contribution in [2.45, 2.75) is 0 Å². The number of fused-ring (bicyclic) bond motifs is 1. The van der Waals surface area contributed by atoms with Crippen molar-refractivity contribution < 1.29 is 28.1 Å². The number of rotatable bonds is 8. The maximum Gasteiger partial charge on any atom is 0.280 e. The lowest BCUT2D eigenvalue weighted by molar-refractivity contribution is 0.0988. The highest BCUT2D eigenvalue weighted by atomic mass is 32.1. The number of ether oxygens (including phenoxy) is 4. The molecule has 10 heteroatoms. The maximum atomic E-state index is 13.7. The number of amides is 1. The topological polar surface area (TPSA) is 82.5 Å². The van der Waals surface area contributed by atoms with Gasteiger partial charge in [-0.15, -0.1) is 0 Å². The Balaban J connectivity index is 1.77. The molecule has 4 rings (SSSR count). The number of carbonyl (C=O) groups excluding carboxylic acids is 1. The van der Waals surface area contributed by atoms with Crippen LogP contribution in [0.3, 0.4) is 0 Å². The van der Waals surface area contributed by atoms with Crippen LogP contribution in [0.5, 0.6) is 23.0 Å². The van der Waals surface area contributed by atoms with Crippen molar-refractivity contribution in [2.24, 2.45) is 5.10 Å². The summed E-state index contributed by atoms with van der Waals surface area (Å²) in [6.07, 6.45) is 1.48. The molecule has 0 unspecified atom stereocenters. The van der Waals surface area contributed by atoms with Crippen LogP contribution in [0.15, 0.2) is 59.7 Å². The molecule has 0 aliphatic carbocycles. The predicted molar refractivity (Wildman–Crippen MR) is 133 cm³/mol. The van der Waals surface area contributed by atoms with Gasteiger partial charge in [-0.25, -0.2) is 9.37 Å². The van der Waals surface area contributed by atoms with E-state index >= 15 is 0 Å². The number of nitrogens with zero attached hydrogens (tertiary/aromatic N) is 3. The van der Waals surface area contributed by atoms with Crippen molar-refractivity contribution in [2.75, 3.05) is 33.4 Å². The monoisotopic (exact) mass is 495 g/mol. The van der Waals surface area contributed by atoms with Crippen LogP contribution in [0.2, 0.25) is 0 Å². The molecule has 1 aromatic heterocycles. The zero-order valence-corrected chi connectivity index (χ0v) is 20.3. The second-order valence-electron chi connectivity index (χ2n) is 7.16. The third kappa shape index (κ3) is 5.02. The number of hydrazone groups is 1. The Bertz CT molecular complexity index is 1360. The minimum Gasteiger partial charge on any atom is -0.497 e. The largest absolute Gasteiger partial charge is 0.497 e. The lowest BCUT2D eigenvalue weighted by Gasteiger charge is -2.15. The molecule has 0 fully saturated rings. The lowest BCUT2D eigenvalue weighted by atomic mass is 10.2. The third-order valence-electron chi connectivity index (χ3n) is 5.06. The summed E-state index contributed by atoms with van der Waals surface area (Å²) in [6.45, 7) is 0. The first-order valence-corrected chi connectivity index (χ1v) is 11.2. The van der Waals surface area contributed by atoms with E-state index in [2.05, 4.69) is 10.1 Å². The SMILES string of the molecule is COc1ccc(C(=O)N(/N=C/c2cc(OC)c(OC)c(OC)c2)c2nc3ccc(F)cc3s2)cc1. The van der Waals surface area contributed by atoms with E-state index in [1.165, 1.54) is 44.7 Å². The van der Waals surface area contributed by atoms with Gasteiger partial charge in [0.15, 0.2) is 11.5 Å². The van der Waals surface area contributed by atoms with Crippen molar-refractivity contribution >= 4 is 38.8 Å². The molecule has 8 nitrogen and oxygen atoms in total. The van der Waals surface area contributed by atoms with Gasteiger partial charge in [-0.2, -0.15) is 10.1 Å². The summed E-state index contributed by atoms with van der Waals surface area (Å²) in [4.78, 5) is 17.9. The number of aromatic nitrogens is 1. The highest BCUT2D eigenvalue weighted by molar-refractivity contribution is 7.22. The van der Waals surface area contributed by atoms with E-state index in [1.54, 1.807) is 49.6 Å². The standard InChI is InChI=1S/C25H22FN3O5S/c1-31-18-8-5-16(6-9-18)24(30)29(25-28-19-10-7-17(26)13-22(19)35-25)27-14-15-11-20(32-2)23(34-4)21(12-15)33-3/h5-14H,1-4H3/b27-14+. The molecule has 0 N–H and O–H groups in total. The quantitative estimate of drug-likeness (QED) is 0.248. The maximum absolute atomic E-state index is 13.7. The zero-order valence-electron chi connectivity index (χ0n) is 19.4. The second-order valence-corrected chi connectivity index (χ2v) is 8.17. The molecular formula is C25H22FN3O5S. The zero-order chi connectivity index (χ0) is 24.9. The third-order valence-corrected chi connectivity index (χ3v) is 6.05. The summed E-state index contributed by atoms with van der Waals surface area (Å²) < 4.78 is 35.7. The summed E-state index contributed by atoms with van der Waals surface area (Å²) in [6, 6.07) is 14.3. The highest BCUT2D eigenvalue weighted by Crippen LogP contribution is 2.38. The first kappa shape index (κ1) is 24.0. The Morgan fingerprint density at radius 1 is 0.943 bits per heavy atom. The van der Waals surface area contributed by atoms with Gasteiger partial charge >= 0.3 is 0 Å². The Hall–Kier alpha value is -4.18. The smallest absolute Gasteiger partial charge is 0.280 e. The van der Waals surface area contributed by atoms with Crippen LogP contribution < -0.4 is 24.0 Å². The fourth-order valence-electron chi connectivity index (χ4n) is 3.32. The number of hydrogen-bond acceptors (Lipinski definition) is 8. The molecule has 0 aliphatic heterocycles. The van der Waals surface area contributed by atoms with Gasteiger partial charge in [-0.05, 0) is 54.6 Å². The van der Waals surface area contributed by atoms with Gasteiger partial charge in [0.25, 0.3) is 5.91 Å². The fraction of sp³-hybridized carbons (Fsp3) is 0.160. The molecule has 4 aromatic rings. The molecule has 0 saturated heterocycles. The van der Waals surface area contributed by atoms with Crippen molar-refractivity contribution in [3.8, 4) is 23.0 Å². The van der Waals surface area contributed by atoms with Gasteiger partial charge in [0.2, 0.25) is 10.9 Å². The Kier molecular flexibility index (Phi) is 7.11. The molecule has 0 atom stereocenters. The number of halogens is 1. The van der Waals surface area contributed by atoms with Crippen LogP contribution in [-0.4, -0.2) is 45.5 Å². The van der Waals surface area contributed by atoms with E-state index < -0.39 is 5.91 Å². The summed E-state index contributed by atoms with van der Waals surface area (Å²) in [7, 11) is 6.08. The first-order valence-electron chi connectivity index (χ1n) is 10.4. The molecule has 0 saturated carbocycles. The number of methoxy groups -OCH3 is 4. The van der Waals surface area contributed by atoms with Crippen molar-refractivity contribution in [1.29, 1.82) is 0 Å². The van der Waals surface area contributed by atoms with Crippen LogP contribution in [0.4, 0.5) is 9.52 Å². The van der Waals surface area contributed by atoms with Gasteiger partial charge in [0.05, 0.1) is 44.9 Å². The summed E-state index contributed by atoms with van der Waals surface area (Å²) >= 11 is 1.15. The van der Waals surface area contributed by atoms with E-state index in [-0.39, 0.29) is 10.9 Å². The van der Waals surface area contributed by atoms with Crippen LogP contribution in [0, 0.1) is 5.82 Å².